The van der Waals surface area contributed by atoms with E-state index < -0.39 is 5.54 Å². The average Bonchev–Trinajstić information content (AvgIpc) is 2.25. The van der Waals surface area contributed by atoms with Crippen LogP contribution in [0.1, 0.15) is 20.3 Å². The highest BCUT2D eigenvalue weighted by atomic mass is 35.5. The number of nitrogens with zero attached hydrogens (tertiary/aromatic N) is 2. The van der Waals surface area contributed by atoms with Crippen LogP contribution in [0.25, 0.3) is 0 Å². The fourth-order valence-electron chi connectivity index (χ4n) is 0.999. The molecule has 0 aliphatic rings. The summed E-state index contributed by atoms with van der Waals surface area (Å²) < 4.78 is 0. The molecule has 0 radical (unpaired) electrons. The highest BCUT2D eigenvalue weighted by Gasteiger charge is 2.22. The summed E-state index contributed by atoms with van der Waals surface area (Å²) in [6, 6.07) is 0. The summed E-state index contributed by atoms with van der Waals surface area (Å²) >= 11 is 5.75. The Bertz CT molecular complexity index is 341. The molecule has 15 heavy (non-hydrogen) atoms. The lowest BCUT2D eigenvalue weighted by Gasteiger charge is -2.28. The monoisotopic (exact) mass is 230 g/mol. The molecule has 1 aromatic heterocycles. The average molecular weight is 231 g/mol. The largest absolute Gasteiger partial charge is 0.394 e. The van der Waals surface area contributed by atoms with Crippen LogP contribution in [0, 0.1) is 0 Å². The zero-order valence-corrected chi connectivity index (χ0v) is 9.54. The fraction of sp³-hybridized carbons (Fsp3) is 0.556. The molecule has 1 atom stereocenters. The van der Waals surface area contributed by atoms with Crippen molar-refractivity contribution in [2.75, 3.05) is 17.7 Å². The summed E-state index contributed by atoms with van der Waals surface area (Å²) in [5, 5.41) is 12.5. The van der Waals surface area contributed by atoms with Crippen molar-refractivity contribution < 1.29 is 5.11 Å². The molecule has 1 unspecified atom stereocenters. The van der Waals surface area contributed by atoms with E-state index in [0.29, 0.717) is 11.5 Å². The fourth-order valence-corrected chi connectivity index (χ4v) is 1.13. The number of hydrogen-bond acceptors (Lipinski definition) is 5. The van der Waals surface area contributed by atoms with Crippen LogP contribution in [-0.4, -0.2) is 27.2 Å². The third kappa shape index (κ3) is 2.70. The molecular formula is C9H15ClN4O. The second-order valence-corrected chi connectivity index (χ2v) is 3.98. The van der Waals surface area contributed by atoms with Crippen molar-refractivity contribution in [2.45, 2.75) is 25.8 Å². The van der Waals surface area contributed by atoms with E-state index in [1.54, 1.807) is 0 Å². The van der Waals surface area contributed by atoms with Crippen LogP contribution in [0.15, 0.2) is 6.33 Å². The van der Waals surface area contributed by atoms with Gasteiger partial charge in [-0.15, -0.1) is 0 Å². The van der Waals surface area contributed by atoms with E-state index in [4.69, 9.17) is 17.3 Å². The second-order valence-electron chi connectivity index (χ2n) is 3.62. The van der Waals surface area contributed by atoms with Crippen LogP contribution in [0.4, 0.5) is 11.5 Å². The van der Waals surface area contributed by atoms with Crippen LogP contribution in [0.5, 0.6) is 0 Å². The number of aromatic nitrogens is 2. The summed E-state index contributed by atoms with van der Waals surface area (Å²) in [7, 11) is 0. The van der Waals surface area contributed by atoms with Gasteiger partial charge in [-0.1, -0.05) is 18.5 Å². The maximum Gasteiger partial charge on any atom is 0.157 e. The number of nitrogens with two attached hydrogens (primary N) is 1. The number of nitrogen functional groups attached to an aromatic ring is 1. The summed E-state index contributed by atoms with van der Waals surface area (Å²) in [5.74, 6) is 0.452. The second kappa shape index (κ2) is 4.63. The van der Waals surface area contributed by atoms with Crippen molar-refractivity contribution in [2.24, 2.45) is 0 Å². The van der Waals surface area contributed by atoms with Crippen LogP contribution in [-0.2, 0) is 0 Å². The first-order chi connectivity index (χ1) is 7.02. The Hall–Kier alpha value is -1.07. The van der Waals surface area contributed by atoms with Crippen molar-refractivity contribution in [3.05, 3.63) is 11.5 Å². The number of rotatable bonds is 4. The predicted molar refractivity (Wildman–Crippen MR) is 60.9 cm³/mol. The molecule has 1 aromatic rings. The molecular weight excluding hydrogens is 216 g/mol. The van der Waals surface area contributed by atoms with Crippen molar-refractivity contribution in [3.63, 3.8) is 0 Å². The molecule has 0 saturated heterocycles. The normalized spacial score (nSPS) is 14.7. The maximum absolute atomic E-state index is 9.23. The molecule has 0 aliphatic heterocycles. The van der Waals surface area contributed by atoms with E-state index in [1.807, 2.05) is 13.8 Å². The first-order valence-corrected chi connectivity index (χ1v) is 5.05. The van der Waals surface area contributed by atoms with Gasteiger partial charge in [0.15, 0.2) is 11.0 Å². The van der Waals surface area contributed by atoms with Gasteiger partial charge in [0.25, 0.3) is 0 Å². The van der Waals surface area contributed by atoms with Crippen molar-refractivity contribution in [1.29, 1.82) is 0 Å². The predicted octanol–water partition coefficient (Wildman–Crippen LogP) is 1.29. The number of nitrogens with one attached hydrogen (secondary N) is 1. The van der Waals surface area contributed by atoms with Gasteiger partial charge in [0.1, 0.15) is 12.0 Å². The number of halogens is 1. The minimum Gasteiger partial charge on any atom is -0.394 e. The van der Waals surface area contributed by atoms with Gasteiger partial charge in [0.05, 0.1) is 12.1 Å². The molecule has 1 heterocycles. The molecule has 5 nitrogen and oxygen atoms in total. The first kappa shape index (κ1) is 12.0. The number of hydrogen-bond donors (Lipinski definition) is 3. The Labute approximate surface area is 93.7 Å². The summed E-state index contributed by atoms with van der Waals surface area (Å²) in [6.07, 6.45) is 2.07. The van der Waals surface area contributed by atoms with Gasteiger partial charge in [0, 0.05) is 0 Å². The molecule has 0 spiro atoms. The van der Waals surface area contributed by atoms with E-state index in [-0.39, 0.29) is 11.8 Å². The van der Waals surface area contributed by atoms with Crippen molar-refractivity contribution in [1.82, 2.24) is 9.97 Å². The molecule has 1 rings (SSSR count). The Balaban J connectivity index is 2.94. The third-order valence-electron chi connectivity index (χ3n) is 2.38. The van der Waals surface area contributed by atoms with Gasteiger partial charge < -0.3 is 16.2 Å². The molecule has 4 N–H and O–H groups in total. The zero-order chi connectivity index (χ0) is 11.5. The number of aliphatic hydroxyl groups is 1. The van der Waals surface area contributed by atoms with Gasteiger partial charge in [0.2, 0.25) is 0 Å². The lowest BCUT2D eigenvalue weighted by atomic mass is 10.0. The Kier molecular flexibility index (Phi) is 3.71. The van der Waals surface area contributed by atoms with E-state index in [2.05, 4.69) is 15.3 Å². The van der Waals surface area contributed by atoms with Crippen molar-refractivity contribution in [3.8, 4) is 0 Å². The van der Waals surface area contributed by atoms with E-state index in [0.717, 1.165) is 6.42 Å². The van der Waals surface area contributed by atoms with Gasteiger partial charge in [-0.25, -0.2) is 9.97 Å². The molecule has 84 valence electrons. The summed E-state index contributed by atoms with van der Waals surface area (Å²) in [5.41, 5.74) is 5.54. The minimum absolute atomic E-state index is 0.00936. The zero-order valence-electron chi connectivity index (χ0n) is 8.79. The van der Waals surface area contributed by atoms with E-state index in [9.17, 15) is 5.11 Å². The molecule has 0 aromatic carbocycles. The van der Waals surface area contributed by atoms with E-state index >= 15 is 0 Å². The SMILES string of the molecule is CCC(C)(CO)Nc1ncnc(Cl)c1N. The highest BCUT2D eigenvalue weighted by molar-refractivity contribution is 6.32. The molecule has 0 bridgehead atoms. The van der Waals surface area contributed by atoms with Crippen molar-refractivity contribution >= 4 is 23.1 Å². The van der Waals surface area contributed by atoms with E-state index in [1.165, 1.54) is 6.33 Å². The molecule has 0 aliphatic carbocycles. The Morgan fingerprint density at radius 1 is 1.60 bits per heavy atom. The topological polar surface area (TPSA) is 84.1 Å². The first-order valence-electron chi connectivity index (χ1n) is 4.67. The third-order valence-corrected chi connectivity index (χ3v) is 2.69. The smallest absolute Gasteiger partial charge is 0.157 e. The number of aliphatic hydroxyl groups excluding tert-OH is 1. The van der Waals surface area contributed by atoms with Gasteiger partial charge in [-0.2, -0.15) is 0 Å². The van der Waals surface area contributed by atoms with Gasteiger partial charge in [-0.05, 0) is 13.3 Å². The summed E-state index contributed by atoms with van der Waals surface area (Å²) in [4.78, 5) is 7.73. The maximum atomic E-state index is 9.23. The molecule has 0 saturated carbocycles. The van der Waals surface area contributed by atoms with Gasteiger partial charge in [-0.3, -0.25) is 0 Å². The molecule has 0 amide bonds. The highest BCUT2D eigenvalue weighted by Crippen LogP contribution is 2.25. The molecule has 6 heteroatoms. The quantitative estimate of drug-likeness (QED) is 0.679. The van der Waals surface area contributed by atoms with Crippen LogP contribution >= 0.6 is 11.6 Å². The van der Waals surface area contributed by atoms with Crippen LogP contribution in [0.3, 0.4) is 0 Å². The minimum atomic E-state index is -0.453. The Morgan fingerprint density at radius 3 is 2.80 bits per heavy atom. The molecule has 0 fully saturated rings. The van der Waals surface area contributed by atoms with Gasteiger partial charge >= 0.3 is 0 Å². The number of anilines is 2. The van der Waals surface area contributed by atoms with Crippen LogP contribution in [0.2, 0.25) is 5.15 Å². The Morgan fingerprint density at radius 2 is 2.27 bits per heavy atom. The lowest BCUT2D eigenvalue weighted by Crippen LogP contribution is -2.38. The van der Waals surface area contributed by atoms with Crippen LogP contribution < -0.4 is 11.1 Å². The standard InChI is InChI=1S/C9H15ClN4O/c1-3-9(2,4-15)14-8-6(11)7(10)12-5-13-8/h5,15H,3-4,11H2,1-2H3,(H,12,13,14). The summed E-state index contributed by atoms with van der Waals surface area (Å²) in [6.45, 7) is 3.83. The lowest BCUT2D eigenvalue weighted by molar-refractivity contribution is 0.218.